The molecule has 1 unspecified atom stereocenters. The van der Waals surface area contributed by atoms with Crippen LogP contribution in [-0.2, 0) is 6.54 Å². The first kappa shape index (κ1) is 15.7. The molecule has 1 fully saturated rings. The summed E-state index contributed by atoms with van der Waals surface area (Å²) >= 11 is 0. The number of imidazole rings is 1. The number of benzene rings is 1. The Morgan fingerprint density at radius 1 is 1.39 bits per heavy atom. The molecule has 1 aliphatic rings. The van der Waals surface area contributed by atoms with E-state index in [9.17, 15) is 0 Å². The molecule has 0 saturated carbocycles. The number of aryl methyl sites for hydroxylation is 1. The van der Waals surface area contributed by atoms with Crippen LogP contribution >= 0.6 is 0 Å². The van der Waals surface area contributed by atoms with Gasteiger partial charge in [0.25, 0.3) is 0 Å². The number of piperidine rings is 1. The van der Waals surface area contributed by atoms with Gasteiger partial charge in [-0.3, -0.25) is 4.90 Å². The molecule has 1 saturated heterocycles. The van der Waals surface area contributed by atoms with Gasteiger partial charge in [-0.05, 0) is 43.4 Å². The maximum Gasteiger partial charge on any atom is 0.221 e. The molecule has 2 N–H and O–H groups in total. The number of nitrogens with zero attached hydrogens (tertiary/aromatic N) is 4. The van der Waals surface area contributed by atoms with E-state index >= 15 is 0 Å². The van der Waals surface area contributed by atoms with Crippen LogP contribution in [0.4, 0.5) is 5.95 Å². The topological polar surface area (TPSA) is 59.4 Å². The highest BCUT2D eigenvalue weighted by atomic mass is 15.4. The van der Waals surface area contributed by atoms with Crippen molar-refractivity contribution in [1.29, 1.82) is 0 Å². The van der Waals surface area contributed by atoms with E-state index in [4.69, 9.17) is 5.73 Å². The van der Waals surface area contributed by atoms with E-state index in [1.165, 1.54) is 31.5 Å². The molecule has 3 rings (SSSR count). The number of hydrogen-bond donors (Lipinski definition) is 1. The third kappa shape index (κ3) is 3.99. The molecule has 0 bridgehead atoms. The van der Waals surface area contributed by atoms with Crippen molar-refractivity contribution >= 4 is 12.2 Å². The maximum absolute atomic E-state index is 5.84. The Labute approximate surface area is 137 Å². The molecule has 122 valence electrons. The second-order valence-electron chi connectivity index (χ2n) is 6.51. The van der Waals surface area contributed by atoms with Crippen LogP contribution in [0.2, 0.25) is 0 Å². The quantitative estimate of drug-likeness (QED) is 0.883. The predicted molar refractivity (Wildman–Crippen MR) is 94.5 cm³/mol. The number of hydrogen-bond acceptors (Lipinski definition) is 4. The Balaban J connectivity index is 1.76. The van der Waals surface area contributed by atoms with Crippen molar-refractivity contribution < 1.29 is 0 Å². The molecule has 1 aromatic carbocycles. The second-order valence-corrected chi connectivity index (χ2v) is 6.51. The number of anilines is 1. The Morgan fingerprint density at radius 2 is 2.22 bits per heavy atom. The smallest absolute Gasteiger partial charge is 0.221 e. The van der Waals surface area contributed by atoms with Crippen LogP contribution in [0.25, 0.3) is 0 Å². The van der Waals surface area contributed by atoms with Gasteiger partial charge in [0.05, 0.1) is 18.1 Å². The van der Waals surface area contributed by atoms with Gasteiger partial charge in [0.2, 0.25) is 5.95 Å². The summed E-state index contributed by atoms with van der Waals surface area (Å²) in [4.78, 5) is 6.70. The van der Waals surface area contributed by atoms with Gasteiger partial charge < -0.3 is 5.73 Å². The molecule has 1 atom stereocenters. The average Bonchev–Trinajstić information content (AvgIpc) is 2.84. The number of likely N-dealkylation sites (tertiary alicyclic amines) is 1. The summed E-state index contributed by atoms with van der Waals surface area (Å²) in [5.41, 5.74) is 9.15. The van der Waals surface area contributed by atoms with Crippen LogP contribution < -0.4 is 5.73 Å². The van der Waals surface area contributed by atoms with Crippen molar-refractivity contribution in [3.63, 3.8) is 0 Å². The fourth-order valence-corrected chi connectivity index (χ4v) is 3.20. The van der Waals surface area contributed by atoms with Crippen molar-refractivity contribution in [1.82, 2.24) is 14.6 Å². The molecule has 5 nitrogen and oxygen atoms in total. The Morgan fingerprint density at radius 3 is 2.96 bits per heavy atom. The van der Waals surface area contributed by atoms with E-state index in [1.54, 1.807) is 4.68 Å². The summed E-state index contributed by atoms with van der Waals surface area (Å²) in [7, 11) is 0. The molecule has 2 heterocycles. The normalized spacial score (nSPS) is 19.5. The van der Waals surface area contributed by atoms with Crippen molar-refractivity contribution in [2.45, 2.75) is 33.2 Å². The lowest BCUT2D eigenvalue weighted by Crippen LogP contribution is -2.34. The highest BCUT2D eigenvalue weighted by Gasteiger charge is 2.16. The molecule has 23 heavy (non-hydrogen) atoms. The van der Waals surface area contributed by atoms with Crippen LogP contribution in [0.5, 0.6) is 0 Å². The summed E-state index contributed by atoms with van der Waals surface area (Å²) in [6.07, 6.45) is 6.35. The lowest BCUT2D eigenvalue weighted by molar-refractivity contribution is 0.176. The molecule has 5 heteroatoms. The van der Waals surface area contributed by atoms with Crippen LogP contribution in [0.3, 0.4) is 0 Å². The standard InChI is InChI=1S/C18H25N5/c1-14-6-5-9-22(11-14)13-17-8-4-3-7-16(17)10-20-23-12-15(2)21-18(23)19/h3-4,7-8,10,12,14H,5-6,9,11,13H2,1-2H3,(H2,19,21). The average molecular weight is 311 g/mol. The van der Waals surface area contributed by atoms with Gasteiger partial charge in [-0.25, -0.2) is 9.66 Å². The SMILES string of the molecule is Cc1cn(N=Cc2ccccc2CN2CCCC(C)C2)c(N)n1. The molecular formula is C18H25N5. The van der Waals surface area contributed by atoms with Gasteiger partial charge in [0.15, 0.2) is 0 Å². The maximum atomic E-state index is 5.84. The first-order valence-corrected chi connectivity index (χ1v) is 8.28. The van der Waals surface area contributed by atoms with Crippen LogP contribution in [0, 0.1) is 12.8 Å². The van der Waals surface area contributed by atoms with Crippen LogP contribution in [-0.4, -0.2) is 33.9 Å². The summed E-state index contributed by atoms with van der Waals surface area (Å²) in [6, 6.07) is 8.43. The zero-order valence-corrected chi connectivity index (χ0v) is 13.9. The molecule has 1 aliphatic heterocycles. The zero-order chi connectivity index (χ0) is 16.2. The van der Waals surface area contributed by atoms with Gasteiger partial charge in [-0.15, -0.1) is 0 Å². The number of nitrogens with two attached hydrogens (primary N) is 1. The van der Waals surface area contributed by atoms with Gasteiger partial charge in [0.1, 0.15) is 0 Å². The van der Waals surface area contributed by atoms with E-state index < -0.39 is 0 Å². The monoisotopic (exact) mass is 311 g/mol. The minimum absolute atomic E-state index is 0.418. The number of nitrogen functional groups attached to an aromatic ring is 1. The Bertz CT molecular complexity index is 688. The molecule has 0 amide bonds. The van der Waals surface area contributed by atoms with E-state index in [0.29, 0.717) is 5.95 Å². The molecule has 0 aliphatic carbocycles. The van der Waals surface area contributed by atoms with Gasteiger partial charge >= 0.3 is 0 Å². The highest BCUT2D eigenvalue weighted by Crippen LogP contribution is 2.19. The summed E-state index contributed by atoms with van der Waals surface area (Å²) in [5.74, 6) is 1.21. The molecule has 0 radical (unpaired) electrons. The minimum Gasteiger partial charge on any atom is -0.368 e. The van der Waals surface area contributed by atoms with E-state index in [1.807, 2.05) is 25.4 Å². The Kier molecular flexibility index (Phi) is 4.76. The van der Waals surface area contributed by atoms with Gasteiger partial charge in [0, 0.05) is 13.1 Å². The Hall–Kier alpha value is -2.14. The van der Waals surface area contributed by atoms with E-state index in [2.05, 4.69) is 40.1 Å². The molecule has 1 aromatic heterocycles. The van der Waals surface area contributed by atoms with Crippen molar-refractivity contribution in [3.05, 3.63) is 47.3 Å². The van der Waals surface area contributed by atoms with E-state index in [0.717, 1.165) is 23.7 Å². The molecule has 2 aromatic rings. The van der Waals surface area contributed by atoms with Crippen molar-refractivity contribution in [3.8, 4) is 0 Å². The zero-order valence-electron chi connectivity index (χ0n) is 13.9. The number of rotatable bonds is 4. The lowest BCUT2D eigenvalue weighted by atomic mass is 9.99. The summed E-state index contributed by atoms with van der Waals surface area (Å²) in [5, 5.41) is 4.45. The fourth-order valence-electron chi connectivity index (χ4n) is 3.20. The van der Waals surface area contributed by atoms with Gasteiger partial charge in [-0.1, -0.05) is 31.2 Å². The fraction of sp³-hybridized carbons (Fsp3) is 0.444. The number of aromatic nitrogens is 2. The second kappa shape index (κ2) is 6.96. The third-order valence-electron chi connectivity index (χ3n) is 4.35. The highest BCUT2D eigenvalue weighted by molar-refractivity contribution is 5.81. The first-order chi connectivity index (χ1) is 11.1. The van der Waals surface area contributed by atoms with Crippen molar-refractivity contribution in [2.24, 2.45) is 11.0 Å². The van der Waals surface area contributed by atoms with Gasteiger partial charge in [-0.2, -0.15) is 5.10 Å². The predicted octanol–water partition coefficient (Wildman–Crippen LogP) is 2.89. The summed E-state index contributed by atoms with van der Waals surface area (Å²) < 4.78 is 1.62. The van der Waals surface area contributed by atoms with E-state index in [-0.39, 0.29) is 0 Å². The molecular weight excluding hydrogens is 286 g/mol. The third-order valence-corrected chi connectivity index (χ3v) is 4.35. The molecule has 0 spiro atoms. The lowest BCUT2D eigenvalue weighted by Gasteiger charge is -2.31. The minimum atomic E-state index is 0.418. The summed E-state index contributed by atoms with van der Waals surface area (Å²) in [6.45, 7) is 7.59. The largest absolute Gasteiger partial charge is 0.368 e. The van der Waals surface area contributed by atoms with Crippen LogP contribution in [0.1, 0.15) is 36.6 Å². The van der Waals surface area contributed by atoms with Crippen LogP contribution in [0.15, 0.2) is 35.6 Å². The van der Waals surface area contributed by atoms with Crippen molar-refractivity contribution in [2.75, 3.05) is 18.8 Å². The first-order valence-electron chi connectivity index (χ1n) is 8.28.